The first-order valence-corrected chi connectivity index (χ1v) is 10.6. The molecule has 1 saturated heterocycles. The second-order valence-electron chi connectivity index (χ2n) is 6.70. The number of carbonyl (C=O) groups is 2. The van der Waals surface area contributed by atoms with Crippen molar-refractivity contribution >= 4 is 27.4 Å². The van der Waals surface area contributed by atoms with Gasteiger partial charge in [-0.15, -0.1) is 0 Å². The molecular formula is C20H20FNO5S. The third-order valence-electron chi connectivity index (χ3n) is 4.61. The number of nitrogens with zero attached hydrogens (tertiary/aromatic N) is 1. The first-order valence-electron chi connectivity index (χ1n) is 8.77. The van der Waals surface area contributed by atoms with E-state index in [9.17, 15) is 22.4 Å². The Bertz CT molecular complexity index is 991. The second-order valence-corrected chi connectivity index (χ2v) is 8.92. The lowest BCUT2D eigenvalue weighted by molar-refractivity contribution is -0.122. The van der Waals surface area contributed by atoms with Crippen LogP contribution in [-0.2, 0) is 19.4 Å². The number of carbonyl (C=O) groups excluding carboxylic acids is 2. The number of halogens is 1. The molecule has 0 N–H and O–H groups in total. The summed E-state index contributed by atoms with van der Waals surface area (Å²) >= 11 is 0. The quantitative estimate of drug-likeness (QED) is 0.714. The third kappa shape index (κ3) is 4.56. The van der Waals surface area contributed by atoms with Gasteiger partial charge in [0.1, 0.15) is 5.82 Å². The van der Waals surface area contributed by atoms with Crippen LogP contribution in [0.3, 0.4) is 0 Å². The minimum atomic E-state index is -3.21. The number of rotatable bonds is 5. The van der Waals surface area contributed by atoms with E-state index in [0.29, 0.717) is 17.7 Å². The number of ether oxygens (including phenoxy) is 1. The van der Waals surface area contributed by atoms with Crippen LogP contribution in [-0.4, -0.2) is 44.4 Å². The zero-order valence-corrected chi connectivity index (χ0v) is 16.1. The molecule has 28 heavy (non-hydrogen) atoms. The number of anilines is 1. The summed E-state index contributed by atoms with van der Waals surface area (Å²) in [5.74, 6) is -2.02. The number of esters is 1. The summed E-state index contributed by atoms with van der Waals surface area (Å²) in [5.41, 5.74) is 0.933. The fourth-order valence-electron chi connectivity index (χ4n) is 3.13. The number of aryl methyl sites for hydroxylation is 1. The highest BCUT2D eigenvalue weighted by Crippen LogP contribution is 2.24. The third-order valence-corrected chi connectivity index (χ3v) is 6.36. The summed E-state index contributed by atoms with van der Waals surface area (Å²) in [6.45, 7) is 1.00. The first-order chi connectivity index (χ1) is 13.3. The summed E-state index contributed by atoms with van der Waals surface area (Å²) in [4.78, 5) is 26.3. The first kappa shape index (κ1) is 20.0. The Kier molecular flexibility index (Phi) is 5.79. The van der Waals surface area contributed by atoms with E-state index in [1.807, 2.05) is 0 Å². The lowest BCUT2D eigenvalue weighted by Gasteiger charge is -2.28. The Hall–Kier alpha value is -2.74. The Balaban J connectivity index is 1.74. The van der Waals surface area contributed by atoms with Crippen LogP contribution in [0.2, 0.25) is 0 Å². The molecule has 1 aliphatic heterocycles. The second kappa shape index (κ2) is 8.10. The molecule has 1 aliphatic rings. The van der Waals surface area contributed by atoms with Crippen LogP contribution in [0.5, 0.6) is 0 Å². The van der Waals surface area contributed by atoms with Crippen LogP contribution in [0, 0.1) is 12.7 Å². The standard InChI is InChI=1S/C20H20FNO5S/c1-14-7-8-15(11-18(14)21)20(24)27-12-19(23)22(16-5-3-2-4-6-16)17-9-10-28(25,26)13-17/h2-8,11,17H,9-10,12-13H2,1H3/t17-/m0/s1. The van der Waals surface area contributed by atoms with E-state index in [1.165, 1.54) is 17.0 Å². The Labute approximate surface area is 162 Å². The van der Waals surface area contributed by atoms with Gasteiger partial charge in [-0.3, -0.25) is 4.79 Å². The number of hydrogen-bond acceptors (Lipinski definition) is 5. The molecule has 1 heterocycles. The predicted molar refractivity (Wildman–Crippen MR) is 102 cm³/mol. The lowest BCUT2D eigenvalue weighted by atomic mass is 10.1. The summed E-state index contributed by atoms with van der Waals surface area (Å²) in [7, 11) is -3.21. The van der Waals surface area contributed by atoms with Crippen molar-refractivity contribution in [3.8, 4) is 0 Å². The number of benzene rings is 2. The van der Waals surface area contributed by atoms with Crippen LogP contribution < -0.4 is 4.90 Å². The van der Waals surface area contributed by atoms with Gasteiger partial charge in [-0.25, -0.2) is 17.6 Å². The van der Waals surface area contributed by atoms with Crippen molar-refractivity contribution in [2.45, 2.75) is 19.4 Å². The van der Waals surface area contributed by atoms with Gasteiger partial charge in [0.2, 0.25) is 0 Å². The van der Waals surface area contributed by atoms with Crippen molar-refractivity contribution < 1.29 is 27.1 Å². The molecule has 6 nitrogen and oxygen atoms in total. The fourth-order valence-corrected chi connectivity index (χ4v) is 4.83. The van der Waals surface area contributed by atoms with Gasteiger partial charge >= 0.3 is 5.97 Å². The molecule has 8 heteroatoms. The zero-order chi connectivity index (χ0) is 20.3. The molecule has 0 aliphatic carbocycles. The van der Waals surface area contributed by atoms with E-state index < -0.39 is 40.2 Å². The minimum absolute atomic E-state index is 0.00519. The summed E-state index contributed by atoms with van der Waals surface area (Å²) in [6.07, 6.45) is 0.320. The van der Waals surface area contributed by atoms with Crippen LogP contribution in [0.15, 0.2) is 48.5 Å². The van der Waals surface area contributed by atoms with Gasteiger partial charge in [0, 0.05) is 5.69 Å². The Morgan fingerprint density at radius 3 is 2.50 bits per heavy atom. The topological polar surface area (TPSA) is 80.8 Å². The molecule has 0 bridgehead atoms. The number of amides is 1. The fraction of sp³-hybridized carbons (Fsp3) is 0.300. The van der Waals surface area contributed by atoms with Crippen molar-refractivity contribution in [3.05, 3.63) is 65.5 Å². The maximum atomic E-state index is 13.6. The van der Waals surface area contributed by atoms with Crippen molar-refractivity contribution in [1.82, 2.24) is 0 Å². The van der Waals surface area contributed by atoms with Gasteiger partial charge in [-0.1, -0.05) is 24.3 Å². The zero-order valence-electron chi connectivity index (χ0n) is 15.3. The van der Waals surface area contributed by atoms with Crippen molar-refractivity contribution in [2.24, 2.45) is 0 Å². The monoisotopic (exact) mass is 405 g/mol. The predicted octanol–water partition coefficient (Wildman–Crippen LogP) is 2.51. The maximum Gasteiger partial charge on any atom is 0.338 e. The number of sulfone groups is 1. The highest BCUT2D eigenvalue weighted by Gasteiger charge is 2.35. The Morgan fingerprint density at radius 1 is 1.18 bits per heavy atom. The van der Waals surface area contributed by atoms with Crippen molar-refractivity contribution in [2.75, 3.05) is 23.0 Å². The van der Waals surface area contributed by atoms with E-state index in [-0.39, 0.29) is 17.1 Å². The number of hydrogen-bond donors (Lipinski definition) is 0. The van der Waals surface area contributed by atoms with Crippen LogP contribution in [0.4, 0.5) is 10.1 Å². The normalized spacial score (nSPS) is 17.9. The van der Waals surface area contributed by atoms with Crippen molar-refractivity contribution in [1.29, 1.82) is 0 Å². The summed E-state index contributed by atoms with van der Waals surface area (Å²) < 4.78 is 42.4. The average molecular weight is 405 g/mol. The van der Waals surface area contributed by atoms with Gasteiger partial charge in [0.05, 0.1) is 23.1 Å². The maximum absolute atomic E-state index is 13.6. The largest absolute Gasteiger partial charge is 0.452 e. The van der Waals surface area contributed by atoms with Crippen molar-refractivity contribution in [3.63, 3.8) is 0 Å². The highest BCUT2D eigenvalue weighted by molar-refractivity contribution is 7.91. The van der Waals surface area contributed by atoms with Gasteiger partial charge in [-0.2, -0.15) is 0 Å². The molecule has 1 atom stereocenters. The van der Waals surface area contributed by atoms with Gasteiger partial charge in [0.25, 0.3) is 5.91 Å². The Morgan fingerprint density at radius 2 is 1.89 bits per heavy atom. The van der Waals surface area contributed by atoms with E-state index in [4.69, 9.17) is 4.74 Å². The summed E-state index contributed by atoms with van der Waals surface area (Å²) in [6, 6.07) is 12.1. The van der Waals surface area contributed by atoms with Gasteiger partial charge in [0.15, 0.2) is 16.4 Å². The molecule has 0 saturated carbocycles. The molecule has 0 unspecified atom stereocenters. The molecule has 148 valence electrons. The molecule has 3 rings (SSSR count). The molecule has 0 spiro atoms. The molecule has 0 aromatic heterocycles. The lowest BCUT2D eigenvalue weighted by Crippen LogP contribution is -2.43. The molecule has 2 aromatic rings. The van der Waals surface area contributed by atoms with E-state index >= 15 is 0 Å². The SMILES string of the molecule is Cc1ccc(C(=O)OCC(=O)N(c2ccccc2)[C@H]2CCS(=O)(=O)C2)cc1F. The average Bonchev–Trinajstić information content (AvgIpc) is 3.02. The smallest absolute Gasteiger partial charge is 0.338 e. The van der Waals surface area contributed by atoms with Gasteiger partial charge in [-0.05, 0) is 43.2 Å². The summed E-state index contributed by atoms with van der Waals surface area (Å²) in [5, 5.41) is 0. The highest BCUT2D eigenvalue weighted by atomic mass is 32.2. The van der Waals surface area contributed by atoms with Gasteiger partial charge < -0.3 is 9.64 Å². The molecular weight excluding hydrogens is 385 g/mol. The van der Waals surface area contributed by atoms with Crippen LogP contribution in [0.25, 0.3) is 0 Å². The number of para-hydroxylation sites is 1. The minimum Gasteiger partial charge on any atom is -0.452 e. The van der Waals surface area contributed by atoms with E-state index in [2.05, 4.69) is 0 Å². The molecule has 0 radical (unpaired) electrons. The molecule has 1 fully saturated rings. The van der Waals surface area contributed by atoms with E-state index in [1.54, 1.807) is 37.3 Å². The van der Waals surface area contributed by atoms with Crippen LogP contribution in [0.1, 0.15) is 22.3 Å². The van der Waals surface area contributed by atoms with Crippen LogP contribution >= 0.6 is 0 Å². The molecule has 1 amide bonds. The van der Waals surface area contributed by atoms with E-state index in [0.717, 1.165) is 6.07 Å². The molecule has 2 aromatic carbocycles.